The van der Waals surface area contributed by atoms with Gasteiger partial charge in [0.25, 0.3) is 5.91 Å². The highest BCUT2D eigenvalue weighted by Crippen LogP contribution is 2.21. The molecule has 0 aliphatic heterocycles. The maximum absolute atomic E-state index is 12.8. The van der Waals surface area contributed by atoms with Crippen LogP contribution in [0.15, 0.2) is 42.5 Å². The minimum Gasteiger partial charge on any atom is -0.380 e. The number of ether oxygens (including phenoxy) is 1. The van der Waals surface area contributed by atoms with Gasteiger partial charge in [-0.2, -0.15) is 11.8 Å². The van der Waals surface area contributed by atoms with Crippen LogP contribution in [-0.4, -0.2) is 37.0 Å². The van der Waals surface area contributed by atoms with Crippen LogP contribution in [0.4, 0.5) is 5.69 Å². The number of methoxy groups -OCH3 is 1. The fourth-order valence-electron chi connectivity index (χ4n) is 2.55. The molecule has 0 aromatic heterocycles. The van der Waals surface area contributed by atoms with Crippen LogP contribution in [0.3, 0.4) is 0 Å². The third-order valence-corrected chi connectivity index (χ3v) is 5.11. The molecule has 2 aromatic rings. The van der Waals surface area contributed by atoms with E-state index in [0.29, 0.717) is 23.7 Å². The van der Waals surface area contributed by atoms with Gasteiger partial charge in [0, 0.05) is 17.8 Å². The molecule has 0 radical (unpaired) electrons. The number of halogens is 2. The highest BCUT2D eigenvalue weighted by Gasteiger charge is 2.22. The molecular weight excluding hydrogens is 419 g/mol. The topological polar surface area (TPSA) is 67.4 Å². The van der Waals surface area contributed by atoms with Gasteiger partial charge in [-0.3, -0.25) is 9.59 Å². The number of carbonyl (C=O) groups is 2. The molecule has 5 nitrogen and oxygen atoms in total. The van der Waals surface area contributed by atoms with Gasteiger partial charge < -0.3 is 15.4 Å². The van der Waals surface area contributed by atoms with E-state index in [-0.39, 0.29) is 16.5 Å². The molecule has 0 saturated carbocycles. The number of amides is 2. The SMILES string of the molecule is COCc1cccc(NC(=O)C(CCSC)NC(=O)c2ccc(Cl)cc2Cl)c1. The smallest absolute Gasteiger partial charge is 0.253 e. The number of hydrogen-bond donors (Lipinski definition) is 2. The molecule has 0 aliphatic rings. The summed E-state index contributed by atoms with van der Waals surface area (Å²) < 4.78 is 5.12. The molecule has 2 N–H and O–H groups in total. The zero-order chi connectivity index (χ0) is 20.5. The van der Waals surface area contributed by atoms with Crippen molar-refractivity contribution in [3.8, 4) is 0 Å². The Hall–Kier alpha value is -1.73. The summed E-state index contributed by atoms with van der Waals surface area (Å²) in [6.07, 6.45) is 2.43. The number of rotatable bonds is 9. The molecule has 150 valence electrons. The van der Waals surface area contributed by atoms with Crippen molar-refractivity contribution < 1.29 is 14.3 Å². The Kier molecular flexibility index (Phi) is 9.12. The van der Waals surface area contributed by atoms with Gasteiger partial charge in [0.05, 0.1) is 17.2 Å². The minimum absolute atomic E-state index is 0.237. The first-order chi connectivity index (χ1) is 13.4. The Balaban J connectivity index is 2.12. The number of thioether (sulfide) groups is 1. The van der Waals surface area contributed by atoms with E-state index < -0.39 is 11.9 Å². The van der Waals surface area contributed by atoms with Crippen molar-refractivity contribution in [2.45, 2.75) is 19.1 Å². The summed E-state index contributed by atoms with van der Waals surface area (Å²) >= 11 is 13.6. The number of benzene rings is 2. The Morgan fingerprint density at radius 1 is 1.18 bits per heavy atom. The quantitative estimate of drug-likeness (QED) is 0.596. The fraction of sp³-hybridized carbons (Fsp3) is 0.300. The van der Waals surface area contributed by atoms with Gasteiger partial charge in [-0.25, -0.2) is 0 Å². The van der Waals surface area contributed by atoms with Crippen molar-refractivity contribution in [3.63, 3.8) is 0 Å². The predicted octanol–water partition coefficient (Wildman–Crippen LogP) is 4.63. The van der Waals surface area contributed by atoms with Crippen LogP contribution in [0.1, 0.15) is 22.3 Å². The average molecular weight is 441 g/mol. The monoisotopic (exact) mass is 440 g/mol. The van der Waals surface area contributed by atoms with E-state index in [2.05, 4.69) is 10.6 Å². The number of hydrogen-bond acceptors (Lipinski definition) is 4. The maximum atomic E-state index is 12.8. The zero-order valence-corrected chi connectivity index (χ0v) is 18.0. The van der Waals surface area contributed by atoms with Crippen molar-refractivity contribution in [2.75, 3.05) is 24.4 Å². The van der Waals surface area contributed by atoms with E-state index in [9.17, 15) is 9.59 Å². The molecule has 0 bridgehead atoms. The van der Waals surface area contributed by atoms with Gasteiger partial charge in [0.15, 0.2) is 0 Å². The third kappa shape index (κ3) is 6.71. The van der Waals surface area contributed by atoms with Crippen LogP contribution in [0.2, 0.25) is 10.0 Å². The number of carbonyl (C=O) groups excluding carboxylic acids is 2. The summed E-state index contributed by atoms with van der Waals surface area (Å²) in [6, 6.07) is 11.3. The summed E-state index contributed by atoms with van der Waals surface area (Å²) in [5, 5.41) is 6.31. The molecular formula is C20H22Cl2N2O3S. The van der Waals surface area contributed by atoms with Gasteiger partial charge in [-0.15, -0.1) is 0 Å². The molecule has 28 heavy (non-hydrogen) atoms. The van der Waals surface area contributed by atoms with Crippen molar-refractivity contribution in [1.82, 2.24) is 5.32 Å². The predicted molar refractivity (Wildman–Crippen MR) is 116 cm³/mol. The number of nitrogens with one attached hydrogen (secondary N) is 2. The van der Waals surface area contributed by atoms with E-state index in [1.807, 2.05) is 24.5 Å². The first kappa shape index (κ1) is 22.6. The van der Waals surface area contributed by atoms with Crippen molar-refractivity contribution in [1.29, 1.82) is 0 Å². The van der Waals surface area contributed by atoms with Crippen molar-refractivity contribution >= 4 is 52.5 Å². The van der Waals surface area contributed by atoms with Gasteiger partial charge in [0.1, 0.15) is 6.04 Å². The first-order valence-corrected chi connectivity index (χ1v) is 10.7. The summed E-state index contributed by atoms with van der Waals surface area (Å²) in [7, 11) is 1.61. The molecule has 2 amide bonds. The number of anilines is 1. The van der Waals surface area contributed by atoms with Gasteiger partial charge in [-0.1, -0.05) is 35.3 Å². The van der Waals surface area contributed by atoms with E-state index in [4.69, 9.17) is 27.9 Å². The van der Waals surface area contributed by atoms with Crippen molar-refractivity contribution in [2.24, 2.45) is 0 Å². The third-order valence-electron chi connectivity index (χ3n) is 3.91. The second-order valence-corrected chi connectivity index (χ2v) is 7.88. The molecule has 0 heterocycles. The van der Waals surface area contributed by atoms with E-state index in [1.165, 1.54) is 12.1 Å². The molecule has 0 fully saturated rings. The summed E-state index contributed by atoms with van der Waals surface area (Å²) in [5.41, 5.74) is 1.86. The first-order valence-electron chi connectivity index (χ1n) is 8.58. The molecule has 0 saturated heterocycles. The van der Waals surface area contributed by atoms with Gasteiger partial charge in [-0.05, 0) is 54.3 Å². The molecule has 1 unspecified atom stereocenters. The van der Waals surface area contributed by atoms with Gasteiger partial charge >= 0.3 is 0 Å². The highest BCUT2D eigenvalue weighted by atomic mass is 35.5. The lowest BCUT2D eigenvalue weighted by Crippen LogP contribution is -2.44. The Labute approximate surface area is 179 Å². The minimum atomic E-state index is -0.697. The second kappa shape index (κ2) is 11.3. The molecule has 2 aromatic carbocycles. The van der Waals surface area contributed by atoms with Gasteiger partial charge in [0.2, 0.25) is 5.91 Å². The van der Waals surface area contributed by atoms with Crippen LogP contribution in [0.5, 0.6) is 0 Å². The lowest BCUT2D eigenvalue weighted by atomic mass is 10.1. The Morgan fingerprint density at radius 3 is 2.64 bits per heavy atom. The molecule has 2 rings (SSSR count). The van der Waals surface area contributed by atoms with Crippen molar-refractivity contribution in [3.05, 3.63) is 63.6 Å². The summed E-state index contributed by atoms with van der Waals surface area (Å²) in [4.78, 5) is 25.4. The van der Waals surface area contributed by atoms with Crippen LogP contribution in [0.25, 0.3) is 0 Å². The fourth-order valence-corrected chi connectivity index (χ4v) is 3.51. The van der Waals surface area contributed by atoms with E-state index >= 15 is 0 Å². The Morgan fingerprint density at radius 2 is 1.96 bits per heavy atom. The van der Waals surface area contributed by atoms with Crippen LogP contribution in [-0.2, 0) is 16.1 Å². The highest BCUT2D eigenvalue weighted by molar-refractivity contribution is 7.98. The molecule has 8 heteroatoms. The zero-order valence-electron chi connectivity index (χ0n) is 15.6. The second-order valence-electron chi connectivity index (χ2n) is 6.05. The largest absolute Gasteiger partial charge is 0.380 e. The van der Waals surface area contributed by atoms with Crippen LogP contribution >= 0.6 is 35.0 Å². The molecule has 0 aliphatic carbocycles. The summed E-state index contributed by atoms with van der Waals surface area (Å²) in [6.45, 7) is 0.450. The standard InChI is InChI=1S/C20H22Cl2N2O3S/c1-27-12-13-4-3-5-15(10-13)23-20(26)18(8-9-28-2)24-19(25)16-7-6-14(21)11-17(16)22/h3-7,10-11,18H,8-9,12H2,1-2H3,(H,23,26)(H,24,25). The molecule has 0 spiro atoms. The van der Waals surface area contributed by atoms with E-state index in [0.717, 1.165) is 11.3 Å². The Bertz CT molecular complexity index is 833. The summed E-state index contributed by atoms with van der Waals surface area (Å²) in [5.74, 6) is 0.00859. The maximum Gasteiger partial charge on any atom is 0.253 e. The average Bonchev–Trinajstić information content (AvgIpc) is 2.65. The van der Waals surface area contributed by atoms with E-state index in [1.54, 1.807) is 31.0 Å². The lowest BCUT2D eigenvalue weighted by molar-refractivity contribution is -0.118. The normalized spacial score (nSPS) is 11.7. The van der Waals surface area contributed by atoms with Crippen LogP contribution < -0.4 is 10.6 Å². The lowest BCUT2D eigenvalue weighted by Gasteiger charge is -2.19. The van der Waals surface area contributed by atoms with Crippen LogP contribution in [0, 0.1) is 0 Å². The molecule has 1 atom stereocenters.